The lowest BCUT2D eigenvalue weighted by atomic mass is 9.93. The number of hydrogen-bond acceptors (Lipinski definition) is 4. The molecule has 1 atom stereocenters. The van der Waals surface area contributed by atoms with E-state index in [1.807, 2.05) is 39.0 Å². The molecule has 0 bridgehead atoms. The molecule has 0 saturated heterocycles. The van der Waals surface area contributed by atoms with Gasteiger partial charge in [-0.1, -0.05) is 28.0 Å². The summed E-state index contributed by atoms with van der Waals surface area (Å²) < 4.78 is 6.14. The Hall–Kier alpha value is -2.15. The lowest BCUT2D eigenvalue weighted by Gasteiger charge is -2.23. The van der Waals surface area contributed by atoms with E-state index in [0.717, 1.165) is 21.3 Å². The number of halogens is 1. The van der Waals surface area contributed by atoms with Crippen molar-refractivity contribution in [3.63, 3.8) is 0 Å². The highest BCUT2D eigenvalue weighted by molar-refractivity contribution is 9.10. The molecule has 1 N–H and O–H groups in total. The first kappa shape index (κ1) is 20.2. The minimum absolute atomic E-state index is 0.0196. The van der Waals surface area contributed by atoms with Gasteiger partial charge in [-0.2, -0.15) is 0 Å². The number of anilines is 1. The topological polar surface area (TPSA) is 75.4 Å². The number of benzene rings is 1. The lowest BCUT2D eigenvalue weighted by Crippen LogP contribution is -2.38. The molecule has 0 saturated carbocycles. The summed E-state index contributed by atoms with van der Waals surface area (Å²) in [5, 5.41) is 6.78. The van der Waals surface area contributed by atoms with Crippen LogP contribution < -0.4 is 5.32 Å². The molecule has 2 amide bonds. The number of nitrogens with zero attached hydrogens (tertiary/aromatic N) is 2. The molecule has 1 aromatic carbocycles. The SMILES string of the molecule is CC[C@H](C(=O)N(C)CC(=O)Nc1ccc(Br)cc1C)c1c(C)noc1C. The Morgan fingerprint density at radius 1 is 1.31 bits per heavy atom. The molecule has 0 fully saturated rings. The number of aryl methyl sites for hydroxylation is 3. The van der Waals surface area contributed by atoms with Crippen LogP contribution in [-0.4, -0.2) is 35.5 Å². The molecule has 26 heavy (non-hydrogen) atoms. The van der Waals surface area contributed by atoms with Crippen LogP contribution in [-0.2, 0) is 9.59 Å². The van der Waals surface area contributed by atoms with Crippen LogP contribution in [0, 0.1) is 20.8 Å². The number of amides is 2. The highest BCUT2D eigenvalue weighted by atomic mass is 79.9. The monoisotopic (exact) mass is 421 g/mol. The fourth-order valence-corrected chi connectivity index (χ4v) is 3.48. The first-order valence-corrected chi connectivity index (χ1v) is 9.27. The van der Waals surface area contributed by atoms with E-state index in [1.54, 1.807) is 14.0 Å². The van der Waals surface area contributed by atoms with Gasteiger partial charge in [-0.3, -0.25) is 9.59 Å². The fraction of sp³-hybridized carbons (Fsp3) is 0.421. The van der Waals surface area contributed by atoms with Crippen molar-refractivity contribution in [2.75, 3.05) is 18.9 Å². The van der Waals surface area contributed by atoms with E-state index < -0.39 is 0 Å². The van der Waals surface area contributed by atoms with Gasteiger partial charge in [-0.25, -0.2) is 0 Å². The van der Waals surface area contributed by atoms with Crippen molar-refractivity contribution < 1.29 is 14.1 Å². The summed E-state index contributed by atoms with van der Waals surface area (Å²) in [6.45, 7) is 7.46. The molecule has 1 aromatic heterocycles. The van der Waals surface area contributed by atoms with Crippen molar-refractivity contribution in [3.8, 4) is 0 Å². The molecule has 140 valence electrons. The van der Waals surface area contributed by atoms with Crippen LogP contribution in [0.1, 0.15) is 41.8 Å². The van der Waals surface area contributed by atoms with E-state index in [4.69, 9.17) is 4.52 Å². The zero-order chi connectivity index (χ0) is 19.4. The van der Waals surface area contributed by atoms with Gasteiger partial charge in [0.05, 0.1) is 18.2 Å². The molecule has 0 aliphatic carbocycles. The summed E-state index contributed by atoms with van der Waals surface area (Å²) in [6, 6.07) is 5.62. The third-order valence-electron chi connectivity index (χ3n) is 4.36. The van der Waals surface area contributed by atoms with Crippen molar-refractivity contribution in [3.05, 3.63) is 45.3 Å². The number of nitrogens with one attached hydrogen (secondary N) is 1. The second-order valence-corrected chi connectivity index (χ2v) is 7.32. The summed E-state index contributed by atoms with van der Waals surface area (Å²) in [5.41, 5.74) is 3.21. The van der Waals surface area contributed by atoms with Crippen LogP contribution in [0.4, 0.5) is 5.69 Å². The molecule has 0 aliphatic rings. The maximum atomic E-state index is 12.8. The van der Waals surface area contributed by atoms with E-state index in [0.29, 0.717) is 17.9 Å². The Bertz CT molecular complexity index is 797. The van der Waals surface area contributed by atoms with Crippen LogP contribution >= 0.6 is 15.9 Å². The smallest absolute Gasteiger partial charge is 0.243 e. The van der Waals surface area contributed by atoms with Crippen LogP contribution in [0.25, 0.3) is 0 Å². The number of rotatable bonds is 6. The predicted octanol–water partition coefficient (Wildman–Crippen LogP) is 3.95. The number of aromatic nitrogens is 1. The third kappa shape index (κ3) is 4.52. The summed E-state index contributed by atoms with van der Waals surface area (Å²) >= 11 is 3.40. The van der Waals surface area contributed by atoms with Crippen molar-refractivity contribution in [1.29, 1.82) is 0 Å². The molecule has 1 heterocycles. The molecule has 0 spiro atoms. The second-order valence-electron chi connectivity index (χ2n) is 6.40. The molecule has 2 aromatic rings. The number of likely N-dealkylation sites (N-methyl/N-ethyl adjacent to an activating group) is 1. The van der Waals surface area contributed by atoms with Gasteiger partial charge in [0.1, 0.15) is 5.76 Å². The average molecular weight is 422 g/mol. The highest BCUT2D eigenvalue weighted by Crippen LogP contribution is 2.28. The summed E-state index contributed by atoms with van der Waals surface area (Å²) in [6.07, 6.45) is 0.611. The van der Waals surface area contributed by atoms with E-state index in [-0.39, 0.29) is 24.3 Å². The van der Waals surface area contributed by atoms with E-state index in [2.05, 4.69) is 26.4 Å². The third-order valence-corrected chi connectivity index (χ3v) is 4.86. The van der Waals surface area contributed by atoms with E-state index in [1.165, 1.54) is 4.90 Å². The first-order valence-electron chi connectivity index (χ1n) is 8.48. The zero-order valence-electron chi connectivity index (χ0n) is 15.7. The Kier molecular flexibility index (Phi) is 6.58. The van der Waals surface area contributed by atoms with Crippen LogP contribution in [0.5, 0.6) is 0 Å². The minimum atomic E-state index is -0.367. The summed E-state index contributed by atoms with van der Waals surface area (Å²) in [7, 11) is 1.64. The molecule has 0 unspecified atom stereocenters. The zero-order valence-corrected chi connectivity index (χ0v) is 17.3. The van der Waals surface area contributed by atoms with Crippen molar-refractivity contribution >= 4 is 33.4 Å². The molecular weight excluding hydrogens is 398 g/mol. The van der Waals surface area contributed by atoms with Gasteiger partial charge in [0, 0.05) is 22.8 Å². The number of carbonyl (C=O) groups is 2. The van der Waals surface area contributed by atoms with Gasteiger partial charge < -0.3 is 14.7 Å². The van der Waals surface area contributed by atoms with Crippen LogP contribution in [0.3, 0.4) is 0 Å². The maximum Gasteiger partial charge on any atom is 0.243 e. The normalized spacial score (nSPS) is 11.9. The summed E-state index contributed by atoms with van der Waals surface area (Å²) in [4.78, 5) is 26.6. The van der Waals surface area contributed by atoms with Crippen LogP contribution in [0.15, 0.2) is 27.2 Å². The standard InChI is InChI=1S/C19H24BrN3O3/c1-6-15(18-12(3)22-26-13(18)4)19(25)23(5)10-17(24)21-16-8-7-14(20)9-11(16)2/h7-9,15H,6,10H2,1-5H3,(H,21,24)/t15-/m0/s1. The largest absolute Gasteiger partial charge is 0.361 e. The van der Waals surface area contributed by atoms with Crippen molar-refractivity contribution in [1.82, 2.24) is 10.1 Å². The van der Waals surface area contributed by atoms with Gasteiger partial charge in [-0.15, -0.1) is 0 Å². The van der Waals surface area contributed by atoms with Gasteiger partial charge in [-0.05, 0) is 51.0 Å². The minimum Gasteiger partial charge on any atom is -0.361 e. The second kappa shape index (κ2) is 8.49. The molecular formula is C19H24BrN3O3. The maximum absolute atomic E-state index is 12.8. The molecule has 7 heteroatoms. The first-order chi connectivity index (χ1) is 12.2. The van der Waals surface area contributed by atoms with Crippen LogP contribution in [0.2, 0.25) is 0 Å². The van der Waals surface area contributed by atoms with Gasteiger partial charge in [0.2, 0.25) is 11.8 Å². The number of carbonyl (C=O) groups excluding carboxylic acids is 2. The predicted molar refractivity (Wildman–Crippen MR) is 104 cm³/mol. The van der Waals surface area contributed by atoms with Crippen molar-refractivity contribution in [2.45, 2.75) is 40.0 Å². The molecule has 0 radical (unpaired) electrons. The van der Waals surface area contributed by atoms with Crippen molar-refractivity contribution in [2.24, 2.45) is 0 Å². The Labute approximate surface area is 162 Å². The van der Waals surface area contributed by atoms with E-state index >= 15 is 0 Å². The number of hydrogen-bond donors (Lipinski definition) is 1. The van der Waals surface area contributed by atoms with Gasteiger partial charge in [0.25, 0.3) is 0 Å². The quantitative estimate of drug-likeness (QED) is 0.765. The molecule has 2 rings (SSSR count). The molecule has 0 aliphatic heterocycles. The van der Waals surface area contributed by atoms with Gasteiger partial charge in [0.15, 0.2) is 0 Å². The Morgan fingerprint density at radius 3 is 2.54 bits per heavy atom. The molecule has 6 nitrogen and oxygen atoms in total. The lowest BCUT2D eigenvalue weighted by molar-refractivity contribution is -0.134. The fourth-order valence-electron chi connectivity index (χ4n) is 3.01. The average Bonchev–Trinajstić information content (AvgIpc) is 2.90. The Balaban J connectivity index is 2.06. The van der Waals surface area contributed by atoms with E-state index in [9.17, 15) is 9.59 Å². The Morgan fingerprint density at radius 2 is 2.00 bits per heavy atom. The van der Waals surface area contributed by atoms with Gasteiger partial charge >= 0.3 is 0 Å². The summed E-state index contributed by atoms with van der Waals surface area (Å²) in [5.74, 6) is -0.0797. The highest BCUT2D eigenvalue weighted by Gasteiger charge is 2.28.